The Labute approximate surface area is 185 Å². The molecule has 0 fully saturated rings. The van der Waals surface area contributed by atoms with Gasteiger partial charge in [0.2, 0.25) is 0 Å². The first kappa shape index (κ1) is 26.0. The van der Waals surface area contributed by atoms with E-state index in [9.17, 15) is 9.59 Å². The molecule has 0 atom stereocenters. The van der Waals surface area contributed by atoms with E-state index in [1.165, 1.54) is 23.0 Å². The summed E-state index contributed by atoms with van der Waals surface area (Å²) in [5.74, 6) is 5.10. The van der Waals surface area contributed by atoms with Crippen molar-refractivity contribution in [2.45, 2.75) is 59.7 Å². The van der Waals surface area contributed by atoms with E-state index < -0.39 is 23.4 Å². The number of fused-ring (bicyclic) bond motifs is 1. The van der Waals surface area contributed by atoms with Crippen LogP contribution in [-0.4, -0.2) is 47.5 Å². The average Bonchev–Trinajstić information content (AvgIpc) is 2.62. The summed E-state index contributed by atoms with van der Waals surface area (Å²) in [4.78, 5) is 22.7. The molecule has 0 heterocycles. The number of nitrogens with two attached hydrogens (primary N) is 1. The number of nitrogens with zero attached hydrogens (tertiary/aromatic N) is 2. The van der Waals surface area contributed by atoms with Crippen molar-refractivity contribution < 1.29 is 19.1 Å². The molecule has 0 radical (unpaired) electrons. The molecule has 0 saturated carbocycles. The van der Waals surface area contributed by atoms with E-state index in [4.69, 9.17) is 15.3 Å². The summed E-state index contributed by atoms with van der Waals surface area (Å²) in [6, 6.07) is 12.1. The summed E-state index contributed by atoms with van der Waals surface area (Å²) in [6.45, 7) is 13.0. The van der Waals surface area contributed by atoms with Gasteiger partial charge in [-0.3, -0.25) is 5.43 Å². The van der Waals surface area contributed by atoms with Crippen molar-refractivity contribution in [1.82, 2.24) is 10.0 Å². The fourth-order valence-corrected chi connectivity index (χ4v) is 2.44. The molecule has 0 spiro atoms. The number of benzene rings is 2. The van der Waals surface area contributed by atoms with Gasteiger partial charge in [0.05, 0.1) is 5.69 Å². The lowest BCUT2D eigenvalue weighted by Crippen LogP contribution is -2.38. The van der Waals surface area contributed by atoms with Gasteiger partial charge >= 0.3 is 12.2 Å². The lowest BCUT2D eigenvalue weighted by atomic mass is 10.0. The molecule has 0 aliphatic heterocycles. The quantitative estimate of drug-likeness (QED) is 0.391. The van der Waals surface area contributed by atoms with Crippen molar-refractivity contribution in [2.75, 3.05) is 19.5 Å². The molecule has 3 N–H and O–H groups in total. The number of rotatable bonds is 2. The molecule has 0 saturated heterocycles. The minimum Gasteiger partial charge on any atom is -0.443 e. The number of ether oxygens (including phenoxy) is 2. The first-order valence-corrected chi connectivity index (χ1v) is 10.0. The third-order valence-electron chi connectivity index (χ3n) is 3.78. The zero-order valence-corrected chi connectivity index (χ0v) is 20.1. The van der Waals surface area contributed by atoms with Crippen LogP contribution in [0.25, 0.3) is 10.8 Å². The van der Waals surface area contributed by atoms with Gasteiger partial charge in [0, 0.05) is 19.5 Å². The number of carbonyl (C=O) groups is 2. The average molecular weight is 433 g/mol. The van der Waals surface area contributed by atoms with Crippen molar-refractivity contribution in [3.63, 3.8) is 0 Å². The number of nitrogens with one attached hydrogen (secondary N) is 1. The van der Waals surface area contributed by atoms with Crippen molar-refractivity contribution in [2.24, 2.45) is 5.84 Å². The maximum atomic E-state index is 12.0. The van der Waals surface area contributed by atoms with Crippen LogP contribution in [-0.2, 0) is 9.47 Å². The van der Waals surface area contributed by atoms with Crippen LogP contribution < -0.4 is 11.3 Å². The van der Waals surface area contributed by atoms with Gasteiger partial charge in [-0.05, 0) is 65.5 Å². The van der Waals surface area contributed by atoms with Crippen LogP contribution >= 0.6 is 0 Å². The molecule has 31 heavy (non-hydrogen) atoms. The zero-order valence-electron chi connectivity index (χ0n) is 20.1. The lowest BCUT2D eigenvalue weighted by molar-refractivity contribution is 0.0295. The van der Waals surface area contributed by atoms with Crippen molar-refractivity contribution in [3.8, 4) is 0 Å². The van der Waals surface area contributed by atoms with Crippen LogP contribution in [0.4, 0.5) is 15.3 Å². The molecule has 8 nitrogen and oxygen atoms in total. The van der Waals surface area contributed by atoms with Gasteiger partial charge in [0.25, 0.3) is 0 Å². The number of anilines is 1. The fraction of sp³-hybridized carbons (Fsp3) is 0.478. The van der Waals surface area contributed by atoms with E-state index in [1.807, 2.05) is 51.1 Å². The smallest absolute Gasteiger partial charge is 0.428 e. The van der Waals surface area contributed by atoms with Crippen LogP contribution in [0, 0.1) is 6.92 Å². The molecule has 0 aliphatic rings. The first-order valence-electron chi connectivity index (χ1n) is 10.0. The Morgan fingerprint density at radius 2 is 1.32 bits per heavy atom. The predicted octanol–water partition coefficient (Wildman–Crippen LogP) is 5.07. The van der Waals surface area contributed by atoms with Gasteiger partial charge in [0.1, 0.15) is 11.2 Å². The molecular formula is C23H36N4O4. The molecule has 8 heteroatoms. The molecule has 172 valence electrons. The maximum absolute atomic E-state index is 12.0. The van der Waals surface area contributed by atoms with Gasteiger partial charge in [-0.1, -0.05) is 30.3 Å². The van der Waals surface area contributed by atoms with Crippen molar-refractivity contribution in [3.05, 3.63) is 42.0 Å². The Kier molecular flexibility index (Phi) is 8.69. The van der Waals surface area contributed by atoms with E-state index in [2.05, 4.69) is 18.4 Å². The number of amides is 2. The molecule has 2 amide bonds. The van der Waals surface area contributed by atoms with Gasteiger partial charge in [0.15, 0.2) is 0 Å². The minimum absolute atomic E-state index is 0.410. The standard InChI is InChI=1S/C17H22N2O2.C6H14N2O2/c1-12-10-11-15(14-9-7-6-8-13(12)14)18-19(5)16(20)21-17(2,3)4;1-6(2,3)10-5(9)8(4)7/h6-11,18H,1-5H3;7H2,1-4H3. The Morgan fingerprint density at radius 1 is 0.839 bits per heavy atom. The van der Waals surface area contributed by atoms with E-state index in [-0.39, 0.29) is 0 Å². The van der Waals surface area contributed by atoms with Gasteiger partial charge in [-0.15, -0.1) is 0 Å². The predicted molar refractivity (Wildman–Crippen MR) is 124 cm³/mol. The molecule has 2 rings (SSSR count). The van der Waals surface area contributed by atoms with Crippen LogP contribution in [0.5, 0.6) is 0 Å². The summed E-state index contributed by atoms with van der Waals surface area (Å²) >= 11 is 0. The normalized spacial score (nSPS) is 11.2. The second kappa shape index (κ2) is 10.3. The van der Waals surface area contributed by atoms with E-state index in [1.54, 1.807) is 27.8 Å². The maximum Gasteiger partial charge on any atom is 0.428 e. The molecular weight excluding hydrogens is 396 g/mol. The Morgan fingerprint density at radius 3 is 1.77 bits per heavy atom. The summed E-state index contributed by atoms with van der Waals surface area (Å²) in [5, 5.41) is 4.51. The Bertz CT molecular complexity index is 899. The van der Waals surface area contributed by atoms with E-state index >= 15 is 0 Å². The SMILES string of the molecule is CN(N)C(=O)OC(C)(C)C.Cc1ccc(NN(C)C(=O)OC(C)(C)C)c2ccccc12. The highest BCUT2D eigenvalue weighted by molar-refractivity contribution is 5.96. The largest absolute Gasteiger partial charge is 0.443 e. The number of carbonyl (C=O) groups excluding carboxylic acids is 2. The molecule has 0 bridgehead atoms. The highest BCUT2D eigenvalue weighted by Crippen LogP contribution is 2.26. The van der Waals surface area contributed by atoms with Crippen molar-refractivity contribution in [1.29, 1.82) is 0 Å². The molecule has 2 aromatic rings. The number of hydrogen-bond acceptors (Lipinski definition) is 6. The minimum atomic E-state index is -0.521. The van der Waals surface area contributed by atoms with Crippen LogP contribution in [0.2, 0.25) is 0 Å². The Balaban J connectivity index is 0.000000407. The van der Waals surface area contributed by atoms with Crippen LogP contribution in [0.3, 0.4) is 0 Å². The molecule has 0 aliphatic carbocycles. The summed E-state index contributed by atoms with van der Waals surface area (Å²) in [5.41, 5.74) is 4.20. The Hall–Kier alpha value is -3.00. The molecule has 2 aromatic carbocycles. The second-order valence-corrected chi connectivity index (χ2v) is 9.22. The van der Waals surface area contributed by atoms with Crippen LogP contribution in [0.15, 0.2) is 36.4 Å². The zero-order chi connectivity index (χ0) is 24.0. The second-order valence-electron chi connectivity index (χ2n) is 9.22. The van der Waals surface area contributed by atoms with E-state index in [0.29, 0.717) is 0 Å². The van der Waals surface area contributed by atoms with Gasteiger partial charge < -0.3 is 9.47 Å². The lowest BCUT2D eigenvalue weighted by Gasteiger charge is -2.26. The first-order chi connectivity index (χ1) is 14.1. The third kappa shape index (κ3) is 9.13. The van der Waals surface area contributed by atoms with Gasteiger partial charge in [-0.25, -0.2) is 25.4 Å². The number of hydrogen-bond donors (Lipinski definition) is 2. The molecule has 0 aromatic heterocycles. The monoisotopic (exact) mass is 432 g/mol. The highest BCUT2D eigenvalue weighted by Gasteiger charge is 2.20. The summed E-state index contributed by atoms with van der Waals surface area (Å²) in [6.07, 6.45) is -0.931. The number of aryl methyl sites for hydroxylation is 1. The summed E-state index contributed by atoms with van der Waals surface area (Å²) < 4.78 is 10.2. The van der Waals surface area contributed by atoms with E-state index in [0.717, 1.165) is 16.1 Å². The molecule has 0 unspecified atom stereocenters. The number of hydrazine groups is 2. The fourth-order valence-electron chi connectivity index (χ4n) is 2.44. The van der Waals surface area contributed by atoms with Crippen LogP contribution in [0.1, 0.15) is 47.1 Å². The van der Waals surface area contributed by atoms with Crippen molar-refractivity contribution >= 4 is 28.6 Å². The topological polar surface area (TPSA) is 97.1 Å². The summed E-state index contributed by atoms with van der Waals surface area (Å²) in [7, 11) is 3.09. The highest BCUT2D eigenvalue weighted by atomic mass is 16.6. The van der Waals surface area contributed by atoms with Gasteiger partial charge in [-0.2, -0.15) is 0 Å². The third-order valence-corrected chi connectivity index (χ3v) is 3.78.